The first kappa shape index (κ1) is 16.8. The molecule has 0 unspecified atom stereocenters. The lowest BCUT2D eigenvalue weighted by Gasteiger charge is -2.09. The molecule has 1 heterocycles. The summed E-state index contributed by atoms with van der Waals surface area (Å²) >= 11 is 0. The van der Waals surface area contributed by atoms with Crippen molar-refractivity contribution in [3.8, 4) is 5.75 Å². The molecule has 25 heavy (non-hydrogen) atoms. The van der Waals surface area contributed by atoms with Crippen molar-refractivity contribution < 1.29 is 18.7 Å². The molecular weight excluding hydrogens is 320 g/mol. The number of fused-ring (bicyclic) bond motifs is 1. The van der Waals surface area contributed by atoms with Gasteiger partial charge in [0.25, 0.3) is 0 Å². The van der Waals surface area contributed by atoms with Crippen LogP contribution in [0, 0.1) is 13.8 Å². The Morgan fingerprint density at radius 1 is 1.04 bits per heavy atom. The fraction of sp³-hybridized carbons (Fsp3) is 0.200. The van der Waals surface area contributed by atoms with E-state index in [1.54, 1.807) is 30.3 Å². The molecule has 5 heteroatoms. The Bertz CT molecular complexity index is 1000. The van der Waals surface area contributed by atoms with Crippen LogP contribution in [0.4, 0.5) is 0 Å². The van der Waals surface area contributed by atoms with Crippen LogP contribution in [-0.4, -0.2) is 13.1 Å². The van der Waals surface area contributed by atoms with E-state index in [-0.39, 0.29) is 6.61 Å². The minimum absolute atomic E-state index is 0.0137. The lowest BCUT2D eigenvalue weighted by molar-refractivity contribution is 0.0473. The van der Waals surface area contributed by atoms with Crippen LogP contribution in [0.15, 0.2) is 51.7 Å². The van der Waals surface area contributed by atoms with Crippen molar-refractivity contribution in [1.29, 1.82) is 0 Å². The highest BCUT2D eigenvalue weighted by Crippen LogP contribution is 2.23. The molecule has 0 fully saturated rings. The van der Waals surface area contributed by atoms with Crippen molar-refractivity contribution in [1.82, 2.24) is 0 Å². The number of methoxy groups -OCH3 is 1. The van der Waals surface area contributed by atoms with E-state index in [2.05, 4.69) is 0 Å². The average Bonchev–Trinajstić information content (AvgIpc) is 2.60. The zero-order chi connectivity index (χ0) is 18.0. The molecule has 0 radical (unpaired) electrons. The maximum absolute atomic E-state index is 12.3. The van der Waals surface area contributed by atoms with Crippen LogP contribution in [-0.2, 0) is 11.3 Å². The number of ether oxygens (including phenoxy) is 2. The Balaban J connectivity index is 1.86. The van der Waals surface area contributed by atoms with E-state index < -0.39 is 11.6 Å². The van der Waals surface area contributed by atoms with Gasteiger partial charge in [-0.1, -0.05) is 6.07 Å². The predicted molar refractivity (Wildman–Crippen MR) is 94.1 cm³/mol. The van der Waals surface area contributed by atoms with Crippen molar-refractivity contribution in [2.24, 2.45) is 0 Å². The SMILES string of the molecule is COc1ccc2c(COC(=O)c3ccc(C)c(C)c3)cc(=O)oc2c1. The topological polar surface area (TPSA) is 65.7 Å². The molecule has 0 aliphatic carbocycles. The summed E-state index contributed by atoms with van der Waals surface area (Å²) in [5, 5.41) is 0.702. The lowest BCUT2D eigenvalue weighted by atomic mass is 10.1. The van der Waals surface area contributed by atoms with Gasteiger partial charge in [-0.3, -0.25) is 0 Å². The zero-order valence-electron chi connectivity index (χ0n) is 14.3. The van der Waals surface area contributed by atoms with E-state index in [1.807, 2.05) is 19.9 Å². The van der Waals surface area contributed by atoms with Gasteiger partial charge in [0.15, 0.2) is 0 Å². The van der Waals surface area contributed by atoms with Gasteiger partial charge in [-0.15, -0.1) is 0 Å². The predicted octanol–water partition coefficient (Wildman–Crippen LogP) is 3.78. The van der Waals surface area contributed by atoms with E-state index >= 15 is 0 Å². The van der Waals surface area contributed by atoms with Crippen LogP contribution in [0.1, 0.15) is 27.0 Å². The molecule has 0 N–H and O–H groups in total. The Kier molecular flexibility index (Phi) is 4.57. The fourth-order valence-electron chi connectivity index (χ4n) is 2.55. The molecule has 0 spiro atoms. The molecule has 1 aromatic heterocycles. The van der Waals surface area contributed by atoms with Crippen molar-refractivity contribution >= 4 is 16.9 Å². The summed E-state index contributed by atoms with van der Waals surface area (Å²) in [7, 11) is 1.54. The molecule has 2 aromatic carbocycles. The summed E-state index contributed by atoms with van der Waals surface area (Å²) in [4.78, 5) is 24.0. The summed E-state index contributed by atoms with van der Waals surface area (Å²) in [5.41, 5.74) is 3.09. The molecule has 0 aliphatic heterocycles. The minimum Gasteiger partial charge on any atom is -0.497 e. The Hall–Kier alpha value is -3.08. The van der Waals surface area contributed by atoms with E-state index in [9.17, 15) is 9.59 Å². The minimum atomic E-state index is -0.502. The van der Waals surface area contributed by atoms with Crippen molar-refractivity contribution in [3.63, 3.8) is 0 Å². The summed E-state index contributed by atoms with van der Waals surface area (Å²) in [6, 6.07) is 11.9. The number of carbonyl (C=O) groups is 1. The third-order valence-electron chi connectivity index (χ3n) is 4.14. The van der Waals surface area contributed by atoms with Crippen molar-refractivity contribution in [2.75, 3.05) is 7.11 Å². The second-order valence-electron chi connectivity index (χ2n) is 5.83. The number of rotatable bonds is 4. The summed E-state index contributed by atoms with van der Waals surface area (Å²) in [6.45, 7) is 3.91. The number of carbonyl (C=O) groups excluding carboxylic acids is 1. The second kappa shape index (κ2) is 6.81. The molecule has 128 valence electrons. The van der Waals surface area contributed by atoms with Crippen LogP contribution >= 0.6 is 0 Å². The Morgan fingerprint density at radius 2 is 1.84 bits per heavy atom. The zero-order valence-corrected chi connectivity index (χ0v) is 14.3. The van der Waals surface area contributed by atoms with Gasteiger partial charge >= 0.3 is 11.6 Å². The third kappa shape index (κ3) is 3.55. The molecule has 0 saturated carbocycles. The quantitative estimate of drug-likeness (QED) is 0.535. The largest absolute Gasteiger partial charge is 0.497 e. The van der Waals surface area contributed by atoms with E-state index in [0.29, 0.717) is 27.8 Å². The van der Waals surface area contributed by atoms with E-state index in [0.717, 1.165) is 11.1 Å². The van der Waals surface area contributed by atoms with Crippen LogP contribution in [0.25, 0.3) is 11.0 Å². The van der Waals surface area contributed by atoms with Gasteiger partial charge in [-0.2, -0.15) is 0 Å². The maximum atomic E-state index is 12.3. The highest BCUT2D eigenvalue weighted by atomic mass is 16.5. The maximum Gasteiger partial charge on any atom is 0.338 e. The molecule has 0 amide bonds. The third-order valence-corrected chi connectivity index (χ3v) is 4.14. The van der Waals surface area contributed by atoms with Gasteiger partial charge in [0, 0.05) is 23.1 Å². The molecule has 0 saturated heterocycles. The highest BCUT2D eigenvalue weighted by molar-refractivity contribution is 5.90. The summed E-state index contributed by atoms with van der Waals surface area (Å²) in [5.74, 6) is 0.151. The smallest absolute Gasteiger partial charge is 0.338 e. The van der Waals surface area contributed by atoms with Gasteiger partial charge in [0.1, 0.15) is 17.9 Å². The first-order valence-electron chi connectivity index (χ1n) is 7.83. The number of aryl methyl sites for hydroxylation is 2. The number of benzene rings is 2. The standard InChI is InChI=1S/C20H18O5/c1-12-4-5-14(8-13(12)2)20(22)24-11-15-9-19(21)25-18-10-16(23-3)6-7-17(15)18/h4-10H,11H2,1-3H3. The number of hydrogen-bond acceptors (Lipinski definition) is 5. The van der Waals surface area contributed by atoms with Gasteiger partial charge in [-0.25, -0.2) is 9.59 Å². The average molecular weight is 338 g/mol. The lowest BCUT2D eigenvalue weighted by Crippen LogP contribution is -2.08. The van der Waals surface area contributed by atoms with E-state index in [1.165, 1.54) is 13.2 Å². The number of esters is 1. The molecule has 3 rings (SSSR count). The normalized spacial score (nSPS) is 10.7. The molecule has 0 aliphatic rings. The highest BCUT2D eigenvalue weighted by Gasteiger charge is 2.12. The number of hydrogen-bond donors (Lipinski definition) is 0. The van der Waals surface area contributed by atoms with Crippen LogP contribution in [0.5, 0.6) is 5.75 Å². The fourth-order valence-corrected chi connectivity index (χ4v) is 2.55. The molecule has 5 nitrogen and oxygen atoms in total. The van der Waals surface area contributed by atoms with Crippen LogP contribution in [0.2, 0.25) is 0 Å². The Labute approximate surface area is 144 Å². The van der Waals surface area contributed by atoms with Crippen LogP contribution in [0.3, 0.4) is 0 Å². The van der Waals surface area contributed by atoms with Crippen molar-refractivity contribution in [2.45, 2.75) is 20.5 Å². The van der Waals surface area contributed by atoms with Gasteiger partial charge in [-0.05, 0) is 49.2 Å². The first-order chi connectivity index (χ1) is 12.0. The molecule has 0 atom stereocenters. The summed E-state index contributed by atoms with van der Waals surface area (Å²) < 4.78 is 15.7. The van der Waals surface area contributed by atoms with Crippen molar-refractivity contribution in [3.05, 3.63) is 75.1 Å². The monoisotopic (exact) mass is 338 g/mol. The van der Waals surface area contributed by atoms with Gasteiger partial charge in [0.2, 0.25) is 0 Å². The summed E-state index contributed by atoms with van der Waals surface area (Å²) in [6.07, 6.45) is 0. The molecular formula is C20H18O5. The first-order valence-corrected chi connectivity index (χ1v) is 7.83. The molecule has 0 bridgehead atoms. The molecule has 3 aromatic rings. The van der Waals surface area contributed by atoms with Gasteiger partial charge in [0.05, 0.1) is 12.7 Å². The van der Waals surface area contributed by atoms with E-state index in [4.69, 9.17) is 13.9 Å². The van der Waals surface area contributed by atoms with Gasteiger partial charge < -0.3 is 13.9 Å². The van der Waals surface area contributed by atoms with Crippen LogP contribution < -0.4 is 10.4 Å². The Morgan fingerprint density at radius 3 is 2.56 bits per heavy atom. The second-order valence-corrected chi connectivity index (χ2v) is 5.83.